The summed E-state index contributed by atoms with van der Waals surface area (Å²) in [5.41, 5.74) is 0.739. The SMILES string of the molecule is CCn1ncc(Cl)c1CNC(=O)[C@H]1CCCN(S(=O)(=O)c2cnn(C)c2)C1. The summed E-state index contributed by atoms with van der Waals surface area (Å²) in [5.74, 6) is -0.581. The summed E-state index contributed by atoms with van der Waals surface area (Å²) in [6.07, 6.45) is 5.62. The van der Waals surface area contributed by atoms with Crippen molar-refractivity contribution in [2.45, 2.75) is 37.8 Å². The minimum absolute atomic E-state index is 0.143. The summed E-state index contributed by atoms with van der Waals surface area (Å²) < 4.78 is 30.0. The van der Waals surface area contributed by atoms with E-state index in [0.29, 0.717) is 31.0 Å². The molecule has 1 aliphatic rings. The number of nitrogens with one attached hydrogen (secondary N) is 1. The van der Waals surface area contributed by atoms with Crippen molar-refractivity contribution in [3.05, 3.63) is 29.3 Å². The number of aromatic nitrogens is 4. The zero-order valence-electron chi connectivity index (χ0n) is 15.3. The number of amides is 1. The second-order valence-corrected chi connectivity index (χ2v) is 8.87. The molecule has 1 aliphatic heterocycles. The largest absolute Gasteiger partial charge is 0.350 e. The van der Waals surface area contributed by atoms with Gasteiger partial charge in [0, 0.05) is 32.9 Å². The van der Waals surface area contributed by atoms with Crippen LogP contribution in [0.4, 0.5) is 0 Å². The molecule has 2 aromatic rings. The third kappa shape index (κ3) is 4.17. The Morgan fingerprint density at radius 3 is 2.81 bits per heavy atom. The van der Waals surface area contributed by atoms with E-state index in [2.05, 4.69) is 15.5 Å². The van der Waals surface area contributed by atoms with Gasteiger partial charge in [-0.3, -0.25) is 14.2 Å². The minimum atomic E-state index is -3.65. The van der Waals surface area contributed by atoms with Crippen LogP contribution in [-0.2, 0) is 35.0 Å². The molecule has 0 aromatic carbocycles. The van der Waals surface area contributed by atoms with Gasteiger partial charge >= 0.3 is 0 Å². The minimum Gasteiger partial charge on any atom is -0.350 e. The molecule has 1 saturated heterocycles. The molecule has 0 aliphatic carbocycles. The Balaban J connectivity index is 1.65. The van der Waals surface area contributed by atoms with E-state index in [4.69, 9.17) is 11.6 Å². The predicted octanol–water partition coefficient (Wildman–Crippen LogP) is 1.01. The first-order valence-corrected chi connectivity index (χ1v) is 10.6. The van der Waals surface area contributed by atoms with Gasteiger partial charge in [0.05, 0.1) is 35.6 Å². The lowest BCUT2D eigenvalue weighted by Gasteiger charge is -2.30. The van der Waals surface area contributed by atoms with Crippen LogP contribution in [0.2, 0.25) is 5.02 Å². The maximum Gasteiger partial charge on any atom is 0.246 e. The summed E-state index contributed by atoms with van der Waals surface area (Å²) in [4.78, 5) is 12.7. The van der Waals surface area contributed by atoms with E-state index in [9.17, 15) is 13.2 Å². The third-order valence-corrected chi connectivity index (χ3v) is 6.83. The van der Waals surface area contributed by atoms with Gasteiger partial charge in [-0.1, -0.05) is 11.6 Å². The lowest BCUT2D eigenvalue weighted by Crippen LogP contribution is -2.45. The van der Waals surface area contributed by atoms with Crippen LogP contribution in [0.5, 0.6) is 0 Å². The summed E-state index contributed by atoms with van der Waals surface area (Å²) in [6.45, 7) is 3.41. The van der Waals surface area contributed by atoms with Crippen molar-refractivity contribution in [3.8, 4) is 0 Å². The van der Waals surface area contributed by atoms with Gasteiger partial charge in [-0.15, -0.1) is 0 Å². The normalized spacial score (nSPS) is 18.6. The van der Waals surface area contributed by atoms with Crippen LogP contribution in [0.3, 0.4) is 0 Å². The number of hydrogen-bond acceptors (Lipinski definition) is 5. The zero-order valence-corrected chi connectivity index (χ0v) is 16.9. The number of sulfonamides is 1. The van der Waals surface area contributed by atoms with Gasteiger partial charge < -0.3 is 5.32 Å². The van der Waals surface area contributed by atoms with Gasteiger partial charge in [0.1, 0.15) is 4.90 Å². The maximum atomic E-state index is 12.8. The van der Waals surface area contributed by atoms with E-state index in [0.717, 1.165) is 5.69 Å². The van der Waals surface area contributed by atoms with E-state index in [-0.39, 0.29) is 23.9 Å². The van der Waals surface area contributed by atoms with Crippen LogP contribution in [0, 0.1) is 5.92 Å². The molecule has 1 amide bonds. The topological polar surface area (TPSA) is 102 Å². The zero-order chi connectivity index (χ0) is 19.6. The number of carbonyl (C=O) groups excluding carboxylic acids is 1. The second-order valence-electron chi connectivity index (χ2n) is 6.52. The molecule has 1 fully saturated rings. The van der Waals surface area contributed by atoms with Crippen molar-refractivity contribution >= 4 is 27.5 Å². The fourth-order valence-corrected chi connectivity index (χ4v) is 4.92. The van der Waals surface area contributed by atoms with Crippen LogP contribution >= 0.6 is 11.6 Å². The Morgan fingerprint density at radius 1 is 1.37 bits per heavy atom. The van der Waals surface area contributed by atoms with Gasteiger partial charge in [-0.05, 0) is 19.8 Å². The molecule has 148 valence electrons. The van der Waals surface area contributed by atoms with Crippen molar-refractivity contribution < 1.29 is 13.2 Å². The van der Waals surface area contributed by atoms with Crippen LogP contribution in [-0.4, -0.2) is 51.3 Å². The molecule has 0 spiro atoms. The number of nitrogens with zero attached hydrogens (tertiary/aromatic N) is 5. The highest BCUT2D eigenvalue weighted by Gasteiger charge is 2.34. The van der Waals surface area contributed by atoms with Crippen molar-refractivity contribution in [1.29, 1.82) is 0 Å². The summed E-state index contributed by atoms with van der Waals surface area (Å²) >= 11 is 6.12. The van der Waals surface area contributed by atoms with E-state index in [1.807, 2.05) is 6.92 Å². The molecule has 2 aromatic heterocycles. The monoisotopic (exact) mass is 414 g/mol. The standard InChI is InChI=1S/C16H23ClN6O3S/c1-3-23-15(14(17)8-20-23)9-18-16(24)12-5-4-6-22(10-12)27(25,26)13-7-19-21(2)11-13/h7-8,11-12H,3-6,9-10H2,1-2H3,(H,18,24)/t12-/m0/s1. The fraction of sp³-hybridized carbons (Fsp3) is 0.562. The quantitative estimate of drug-likeness (QED) is 0.759. The van der Waals surface area contributed by atoms with Gasteiger partial charge in [-0.2, -0.15) is 14.5 Å². The Kier molecular flexibility index (Phi) is 5.87. The van der Waals surface area contributed by atoms with Crippen molar-refractivity contribution in [2.24, 2.45) is 13.0 Å². The summed E-state index contributed by atoms with van der Waals surface area (Å²) in [6, 6.07) is 0. The summed E-state index contributed by atoms with van der Waals surface area (Å²) in [5, 5.41) is 11.4. The molecule has 3 heterocycles. The molecule has 0 bridgehead atoms. The molecular formula is C16H23ClN6O3S. The van der Waals surface area contributed by atoms with Crippen molar-refractivity contribution in [1.82, 2.24) is 29.2 Å². The lowest BCUT2D eigenvalue weighted by molar-refractivity contribution is -0.126. The Bertz CT molecular complexity index is 922. The fourth-order valence-electron chi connectivity index (χ4n) is 3.21. The third-order valence-electron chi connectivity index (χ3n) is 4.70. The molecule has 0 unspecified atom stereocenters. The smallest absolute Gasteiger partial charge is 0.246 e. The van der Waals surface area contributed by atoms with E-state index < -0.39 is 15.9 Å². The highest BCUT2D eigenvalue weighted by molar-refractivity contribution is 7.89. The molecule has 9 nitrogen and oxygen atoms in total. The van der Waals surface area contributed by atoms with E-state index in [1.165, 1.54) is 21.4 Å². The number of hydrogen-bond donors (Lipinski definition) is 1. The molecule has 11 heteroatoms. The first kappa shape index (κ1) is 19.8. The van der Waals surface area contributed by atoms with Crippen LogP contribution in [0.1, 0.15) is 25.5 Å². The average molecular weight is 415 g/mol. The summed E-state index contributed by atoms with van der Waals surface area (Å²) in [7, 11) is -1.98. The molecule has 0 saturated carbocycles. The van der Waals surface area contributed by atoms with Crippen LogP contribution < -0.4 is 5.32 Å². The molecular weight excluding hydrogens is 392 g/mol. The Labute approximate surface area is 163 Å². The first-order valence-electron chi connectivity index (χ1n) is 8.79. The molecule has 1 atom stereocenters. The first-order chi connectivity index (χ1) is 12.8. The van der Waals surface area contributed by atoms with E-state index >= 15 is 0 Å². The van der Waals surface area contributed by atoms with Crippen molar-refractivity contribution in [3.63, 3.8) is 0 Å². The average Bonchev–Trinajstić information content (AvgIpc) is 3.25. The predicted molar refractivity (Wildman–Crippen MR) is 99.4 cm³/mol. The highest BCUT2D eigenvalue weighted by atomic mass is 35.5. The second kappa shape index (κ2) is 7.99. The molecule has 0 radical (unpaired) electrons. The van der Waals surface area contributed by atoms with Gasteiger partial charge in [0.2, 0.25) is 15.9 Å². The van der Waals surface area contributed by atoms with Gasteiger partial charge in [0.15, 0.2) is 0 Å². The Morgan fingerprint density at radius 2 is 2.15 bits per heavy atom. The van der Waals surface area contributed by atoms with Gasteiger partial charge in [-0.25, -0.2) is 8.42 Å². The van der Waals surface area contributed by atoms with Crippen LogP contribution in [0.25, 0.3) is 0 Å². The number of piperidine rings is 1. The van der Waals surface area contributed by atoms with E-state index in [1.54, 1.807) is 17.9 Å². The molecule has 1 N–H and O–H groups in total. The molecule has 3 rings (SSSR count). The Hall–Kier alpha value is -1.91. The van der Waals surface area contributed by atoms with Gasteiger partial charge in [0.25, 0.3) is 0 Å². The number of rotatable bonds is 6. The van der Waals surface area contributed by atoms with Crippen molar-refractivity contribution in [2.75, 3.05) is 13.1 Å². The molecule has 27 heavy (non-hydrogen) atoms. The number of aryl methyl sites for hydroxylation is 2. The van der Waals surface area contributed by atoms with Crippen LogP contribution in [0.15, 0.2) is 23.5 Å². The number of halogens is 1. The maximum absolute atomic E-state index is 12.8. The highest BCUT2D eigenvalue weighted by Crippen LogP contribution is 2.24. The number of carbonyl (C=O) groups is 1. The lowest BCUT2D eigenvalue weighted by atomic mass is 9.99.